The van der Waals surface area contributed by atoms with Gasteiger partial charge >= 0.3 is 0 Å². The highest BCUT2D eigenvalue weighted by molar-refractivity contribution is 6.02. The molecule has 0 aromatic carbocycles. The SMILES string of the molecule is CCCCCCCCCCCCN1CCC[C@H]1C(=O)NC(=O)[C@H](CCCCN)NC(=O)[C@@H]1CCCN1C(=O)[C@@H](N)CCCN=C(N)N. The maximum absolute atomic E-state index is 13.4. The third kappa shape index (κ3) is 15.3. The Labute approximate surface area is 282 Å². The van der Waals surface area contributed by atoms with E-state index in [9.17, 15) is 19.2 Å². The van der Waals surface area contributed by atoms with Crippen molar-refractivity contribution in [1.29, 1.82) is 0 Å². The van der Waals surface area contributed by atoms with Gasteiger partial charge in [-0.2, -0.15) is 0 Å². The number of hydrogen-bond donors (Lipinski definition) is 6. The Balaban J connectivity index is 1.87. The van der Waals surface area contributed by atoms with E-state index in [0.717, 1.165) is 32.4 Å². The fourth-order valence-electron chi connectivity index (χ4n) is 6.67. The molecule has 10 N–H and O–H groups in total. The van der Waals surface area contributed by atoms with Crippen LogP contribution in [0.3, 0.4) is 0 Å². The summed E-state index contributed by atoms with van der Waals surface area (Å²) in [7, 11) is 0. The second-order valence-electron chi connectivity index (χ2n) is 13.3. The summed E-state index contributed by atoms with van der Waals surface area (Å²) in [5.74, 6) is -1.55. The minimum Gasteiger partial charge on any atom is -0.370 e. The minimum atomic E-state index is -0.902. The molecule has 270 valence electrons. The van der Waals surface area contributed by atoms with Gasteiger partial charge in [0.05, 0.1) is 12.1 Å². The van der Waals surface area contributed by atoms with Gasteiger partial charge in [0.25, 0.3) is 0 Å². The standard InChI is InChI=1S/C34H65N9O4/c1-2-3-4-5-6-7-8-9-10-13-23-42-24-15-19-28(42)31(45)41-30(44)27(18-11-12-21-35)40-32(46)29-20-16-25-43(29)33(47)26(36)17-14-22-39-34(37)38/h26-29H,2-25,35-36H2,1H3,(H,40,46)(H4,37,38,39)(H,41,44,45)/t26-,27-,28-,29-/m0/s1. The lowest BCUT2D eigenvalue weighted by atomic mass is 10.1. The lowest BCUT2D eigenvalue weighted by Gasteiger charge is -2.28. The third-order valence-corrected chi connectivity index (χ3v) is 9.41. The van der Waals surface area contributed by atoms with Crippen LogP contribution in [0.25, 0.3) is 0 Å². The smallest absolute Gasteiger partial charge is 0.249 e. The lowest BCUT2D eigenvalue weighted by molar-refractivity contribution is -0.141. The van der Waals surface area contributed by atoms with Gasteiger partial charge in [0.2, 0.25) is 23.6 Å². The van der Waals surface area contributed by atoms with Crippen molar-refractivity contribution in [2.45, 2.75) is 153 Å². The largest absolute Gasteiger partial charge is 0.370 e. The summed E-state index contributed by atoms with van der Waals surface area (Å²) in [5.41, 5.74) is 22.5. The second kappa shape index (κ2) is 23.5. The van der Waals surface area contributed by atoms with Crippen LogP contribution in [0.1, 0.15) is 129 Å². The van der Waals surface area contributed by atoms with Gasteiger partial charge in [-0.05, 0) is 83.8 Å². The first-order valence-corrected chi connectivity index (χ1v) is 18.4. The van der Waals surface area contributed by atoms with Crippen molar-refractivity contribution in [3.05, 3.63) is 0 Å². The molecule has 0 bridgehead atoms. The molecule has 2 aliphatic rings. The Morgan fingerprint density at radius 3 is 2.09 bits per heavy atom. The van der Waals surface area contributed by atoms with Crippen LogP contribution in [0.2, 0.25) is 0 Å². The molecule has 13 nitrogen and oxygen atoms in total. The van der Waals surface area contributed by atoms with Crippen LogP contribution in [0.15, 0.2) is 4.99 Å². The maximum atomic E-state index is 13.4. The third-order valence-electron chi connectivity index (χ3n) is 9.41. The monoisotopic (exact) mass is 664 g/mol. The number of unbranched alkanes of at least 4 members (excludes halogenated alkanes) is 10. The highest BCUT2D eigenvalue weighted by atomic mass is 16.2. The molecule has 47 heavy (non-hydrogen) atoms. The molecule has 13 heteroatoms. The number of hydrogen-bond acceptors (Lipinski definition) is 8. The molecule has 0 aromatic heterocycles. The molecule has 2 heterocycles. The normalized spacial score (nSPS) is 19.3. The van der Waals surface area contributed by atoms with Crippen LogP contribution >= 0.6 is 0 Å². The Morgan fingerprint density at radius 2 is 1.43 bits per heavy atom. The summed E-state index contributed by atoms with van der Waals surface area (Å²) in [4.78, 5) is 60.9. The molecule has 2 rings (SSSR count). The number of aliphatic imine (C=N–C) groups is 1. The van der Waals surface area contributed by atoms with Gasteiger partial charge in [0.1, 0.15) is 12.1 Å². The first kappa shape index (κ1) is 40.4. The minimum absolute atomic E-state index is 0.0159. The van der Waals surface area contributed by atoms with Crippen LogP contribution in [0.5, 0.6) is 0 Å². The van der Waals surface area contributed by atoms with E-state index in [1.165, 1.54) is 56.3 Å². The number of carbonyl (C=O) groups is 4. The number of carbonyl (C=O) groups excluding carboxylic acids is 4. The average molecular weight is 664 g/mol. The zero-order chi connectivity index (χ0) is 34.4. The Morgan fingerprint density at radius 1 is 0.787 bits per heavy atom. The topological polar surface area (TPSA) is 215 Å². The van der Waals surface area contributed by atoms with E-state index >= 15 is 0 Å². The predicted molar refractivity (Wildman–Crippen MR) is 187 cm³/mol. The van der Waals surface area contributed by atoms with Crippen molar-refractivity contribution >= 4 is 29.6 Å². The van der Waals surface area contributed by atoms with Gasteiger partial charge in [-0.3, -0.25) is 34.4 Å². The van der Waals surface area contributed by atoms with Crippen molar-refractivity contribution in [2.24, 2.45) is 27.9 Å². The van der Waals surface area contributed by atoms with Crippen molar-refractivity contribution in [2.75, 3.05) is 32.7 Å². The van der Waals surface area contributed by atoms with E-state index in [2.05, 4.69) is 27.4 Å². The van der Waals surface area contributed by atoms with Gasteiger partial charge in [0.15, 0.2) is 5.96 Å². The average Bonchev–Trinajstić information content (AvgIpc) is 3.73. The van der Waals surface area contributed by atoms with E-state index in [0.29, 0.717) is 71.0 Å². The van der Waals surface area contributed by atoms with Crippen molar-refractivity contribution < 1.29 is 19.2 Å². The van der Waals surface area contributed by atoms with E-state index < -0.39 is 29.9 Å². The van der Waals surface area contributed by atoms with E-state index in [-0.39, 0.29) is 23.8 Å². The van der Waals surface area contributed by atoms with E-state index in [1.807, 2.05) is 0 Å². The number of guanidine groups is 1. The number of imide groups is 1. The fraction of sp³-hybridized carbons (Fsp3) is 0.853. The zero-order valence-electron chi connectivity index (χ0n) is 29.1. The molecule has 0 aromatic rings. The maximum Gasteiger partial charge on any atom is 0.249 e. The van der Waals surface area contributed by atoms with Crippen LogP contribution < -0.4 is 33.6 Å². The number of likely N-dealkylation sites (tertiary alicyclic amines) is 2. The number of nitrogens with two attached hydrogens (primary N) is 4. The molecule has 4 amide bonds. The molecule has 0 radical (unpaired) electrons. The highest BCUT2D eigenvalue weighted by Gasteiger charge is 2.38. The first-order chi connectivity index (χ1) is 22.7. The van der Waals surface area contributed by atoms with Crippen molar-refractivity contribution in [3.8, 4) is 0 Å². The van der Waals surface area contributed by atoms with E-state index in [1.54, 1.807) is 0 Å². The molecule has 0 unspecified atom stereocenters. The Kier molecular flexibility index (Phi) is 20.2. The molecule has 0 aliphatic carbocycles. The summed E-state index contributed by atoms with van der Waals surface area (Å²) in [6.45, 7) is 5.18. The molecular weight excluding hydrogens is 598 g/mol. The highest BCUT2D eigenvalue weighted by Crippen LogP contribution is 2.21. The van der Waals surface area contributed by atoms with Crippen LogP contribution in [-0.2, 0) is 19.2 Å². The molecule has 2 saturated heterocycles. The Hall–Kier alpha value is -2.77. The number of amides is 4. The summed E-state index contributed by atoms with van der Waals surface area (Å²) in [5, 5.41) is 5.46. The summed E-state index contributed by atoms with van der Waals surface area (Å²) >= 11 is 0. The second-order valence-corrected chi connectivity index (χ2v) is 13.3. The van der Waals surface area contributed by atoms with Crippen LogP contribution in [-0.4, -0.2) is 96.3 Å². The van der Waals surface area contributed by atoms with Gasteiger partial charge in [-0.15, -0.1) is 0 Å². The predicted octanol–water partition coefficient (Wildman–Crippen LogP) is 2.00. The molecule has 4 atom stereocenters. The first-order valence-electron chi connectivity index (χ1n) is 18.4. The Bertz CT molecular complexity index is 975. The van der Waals surface area contributed by atoms with Crippen LogP contribution in [0.4, 0.5) is 0 Å². The van der Waals surface area contributed by atoms with Crippen molar-refractivity contribution in [3.63, 3.8) is 0 Å². The molecule has 2 fully saturated rings. The lowest BCUT2D eigenvalue weighted by Crippen LogP contribution is -2.56. The summed E-state index contributed by atoms with van der Waals surface area (Å²) < 4.78 is 0. The summed E-state index contributed by atoms with van der Waals surface area (Å²) in [6.07, 6.45) is 17.9. The van der Waals surface area contributed by atoms with Gasteiger partial charge in [-0.25, -0.2) is 0 Å². The molecular formula is C34H65N9O4. The zero-order valence-corrected chi connectivity index (χ0v) is 29.1. The fourth-order valence-corrected chi connectivity index (χ4v) is 6.67. The quantitative estimate of drug-likeness (QED) is 0.0505. The summed E-state index contributed by atoms with van der Waals surface area (Å²) in [6, 6.07) is -2.75. The number of nitrogens with zero attached hydrogens (tertiary/aromatic N) is 3. The van der Waals surface area contributed by atoms with Gasteiger partial charge in [-0.1, -0.05) is 64.7 Å². The number of nitrogens with one attached hydrogen (secondary N) is 2. The molecule has 0 saturated carbocycles. The van der Waals surface area contributed by atoms with Crippen LogP contribution in [0, 0.1) is 0 Å². The number of rotatable bonds is 24. The van der Waals surface area contributed by atoms with Gasteiger partial charge < -0.3 is 33.2 Å². The molecule has 0 spiro atoms. The van der Waals surface area contributed by atoms with E-state index in [4.69, 9.17) is 22.9 Å². The van der Waals surface area contributed by atoms with Gasteiger partial charge in [0, 0.05) is 13.1 Å². The molecule has 2 aliphatic heterocycles. The van der Waals surface area contributed by atoms with Crippen molar-refractivity contribution in [1.82, 2.24) is 20.4 Å².